The van der Waals surface area contributed by atoms with Crippen molar-refractivity contribution in [2.24, 2.45) is 5.41 Å². The van der Waals surface area contributed by atoms with Gasteiger partial charge in [0.05, 0.1) is 11.1 Å². The molecule has 2 fully saturated rings. The van der Waals surface area contributed by atoms with Crippen LogP contribution in [0.2, 0.25) is 0 Å². The Morgan fingerprint density at radius 2 is 2.00 bits per heavy atom. The first kappa shape index (κ1) is 22.9. The van der Waals surface area contributed by atoms with E-state index in [2.05, 4.69) is 10.5 Å². The Balaban J connectivity index is 0.000000858. The summed E-state index contributed by atoms with van der Waals surface area (Å²) in [7, 11) is 0. The first-order valence-electron chi connectivity index (χ1n) is 10.1. The molecule has 0 bridgehead atoms. The second kappa shape index (κ2) is 10.00. The molecule has 1 aromatic heterocycles. The monoisotopic (exact) mass is 445 g/mol. The molecular weight excluding hydrogens is 418 g/mol. The summed E-state index contributed by atoms with van der Waals surface area (Å²) >= 11 is 1.87. The third-order valence-electron chi connectivity index (χ3n) is 5.65. The molecule has 0 aliphatic carbocycles. The van der Waals surface area contributed by atoms with Crippen molar-refractivity contribution in [1.82, 2.24) is 15.4 Å². The number of thioether (sulfide) groups is 1. The zero-order valence-electron chi connectivity index (χ0n) is 17.7. The number of carboxylic acid groups (broad SMARTS) is 1. The lowest BCUT2D eigenvalue weighted by Gasteiger charge is -2.49. The number of hydrogen-bond acceptors (Lipinski definition) is 6. The van der Waals surface area contributed by atoms with E-state index in [1.807, 2.05) is 42.1 Å². The highest BCUT2D eigenvalue weighted by Crippen LogP contribution is 2.37. The van der Waals surface area contributed by atoms with Gasteiger partial charge in [0.1, 0.15) is 11.3 Å². The summed E-state index contributed by atoms with van der Waals surface area (Å²) in [6.07, 6.45) is 1.64. The molecule has 1 unspecified atom stereocenters. The van der Waals surface area contributed by atoms with Gasteiger partial charge < -0.3 is 19.8 Å². The number of hydrogen-bond donors (Lipinski definition) is 2. The van der Waals surface area contributed by atoms with E-state index in [9.17, 15) is 9.59 Å². The number of rotatable bonds is 5. The van der Waals surface area contributed by atoms with Crippen molar-refractivity contribution < 1.29 is 24.0 Å². The molecule has 0 spiro atoms. The van der Waals surface area contributed by atoms with Crippen LogP contribution in [-0.4, -0.2) is 64.1 Å². The first-order chi connectivity index (χ1) is 14.9. The second-order valence-electron chi connectivity index (χ2n) is 7.94. The van der Waals surface area contributed by atoms with Crippen molar-refractivity contribution in [2.75, 3.05) is 24.6 Å². The molecular formula is C22H27N3O5S. The van der Waals surface area contributed by atoms with Gasteiger partial charge in [-0.1, -0.05) is 35.5 Å². The van der Waals surface area contributed by atoms with Gasteiger partial charge >= 0.3 is 0 Å². The summed E-state index contributed by atoms with van der Waals surface area (Å²) in [5, 5.41) is 14.0. The van der Waals surface area contributed by atoms with Crippen LogP contribution in [0.1, 0.15) is 33.8 Å². The molecule has 2 aliphatic heterocycles. The molecule has 2 N–H and O–H groups in total. The number of likely N-dealkylation sites (tertiary alicyclic amines) is 1. The van der Waals surface area contributed by atoms with Crippen molar-refractivity contribution >= 4 is 30.0 Å². The molecule has 166 valence electrons. The van der Waals surface area contributed by atoms with Crippen LogP contribution in [0.3, 0.4) is 0 Å². The number of nitrogens with zero attached hydrogens (tertiary/aromatic N) is 2. The predicted molar refractivity (Wildman–Crippen MR) is 117 cm³/mol. The van der Waals surface area contributed by atoms with Crippen LogP contribution in [0, 0.1) is 19.3 Å². The molecule has 2 aliphatic rings. The molecule has 31 heavy (non-hydrogen) atoms. The second-order valence-corrected chi connectivity index (χ2v) is 9.09. The summed E-state index contributed by atoms with van der Waals surface area (Å²) in [5.41, 5.74) is 1.64. The fourth-order valence-corrected chi connectivity index (χ4v) is 5.24. The van der Waals surface area contributed by atoms with Gasteiger partial charge in [0.15, 0.2) is 0 Å². The van der Waals surface area contributed by atoms with Crippen LogP contribution in [0.25, 0.3) is 0 Å². The Kier molecular flexibility index (Phi) is 7.37. The number of nitrogens with one attached hydrogen (secondary N) is 1. The molecule has 1 aromatic carbocycles. The minimum Gasteiger partial charge on any atom is -0.483 e. The van der Waals surface area contributed by atoms with Crippen LogP contribution in [0.5, 0.6) is 0 Å². The van der Waals surface area contributed by atoms with E-state index >= 15 is 0 Å². The van der Waals surface area contributed by atoms with E-state index in [-0.39, 0.29) is 24.3 Å². The summed E-state index contributed by atoms with van der Waals surface area (Å²) in [4.78, 5) is 36.2. The molecule has 4 rings (SSSR count). The van der Waals surface area contributed by atoms with Gasteiger partial charge in [-0.25, -0.2) is 0 Å². The minimum atomic E-state index is -0.580. The molecule has 8 nitrogen and oxygen atoms in total. The van der Waals surface area contributed by atoms with Gasteiger partial charge in [-0.3, -0.25) is 14.4 Å². The molecule has 2 amide bonds. The molecule has 3 heterocycles. The summed E-state index contributed by atoms with van der Waals surface area (Å²) in [5.74, 6) is 2.54. The van der Waals surface area contributed by atoms with Gasteiger partial charge in [-0.05, 0) is 38.0 Å². The van der Waals surface area contributed by atoms with E-state index in [0.29, 0.717) is 36.5 Å². The van der Waals surface area contributed by atoms with E-state index in [1.165, 1.54) is 0 Å². The van der Waals surface area contributed by atoms with Gasteiger partial charge in [0.2, 0.25) is 5.91 Å². The zero-order chi connectivity index (χ0) is 22.4. The fraction of sp³-hybridized carbons (Fsp3) is 0.455. The van der Waals surface area contributed by atoms with Crippen molar-refractivity contribution in [3.8, 4) is 0 Å². The van der Waals surface area contributed by atoms with Gasteiger partial charge in [-0.15, -0.1) is 0 Å². The van der Waals surface area contributed by atoms with Gasteiger partial charge in [-0.2, -0.15) is 11.8 Å². The van der Waals surface area contributed by atoms with Crippen LogP contribution in [0.4, 0.5) is 0 Å². The molecule has 1 atom stereocenters. The number of amides is 2. The van der Waals surface area contributed by atoms with Gasteiger partial charge in [0.25, 0.3) is 12.4 Å². The number of aryl methyl sites for hydroxylation is 2. The molecule has 2 aromatic rings. The van der Waals surface area contributed by atoms with E-state index in [4.69, 9.17) is 14.4 Å². The Morgan fingerprint density at radius 1 is 1.32 bits per heavy atom. The fourth-order valence-electron chi connectivity index (χ4n) is 4.08. The molecule has 0 saturated carbocycles. The van der Waals surface area contributed by atoms with Crippen molar-refractivity contribution in [3.63, 3.8) is 0 Å². The topological polar surface area (TPSA) is 113 Å². The third kappa shape index (κ3) is 5.10. The summed E-state index contributed by atoms with van der Waals surface area (Å²) < 4.78 is 5.14. The van der Waals surface area contributed by atoms with Crippen molar-refractivity contribution in [2.45, 2.75) is 32.7 Å². The van der Waals surface area contributed by atoms with Crippen molar-refractivity contribution in [1.29, 1.82) is 0 Å². The number of carbonyl (C=O) groups is 3. The number of benzene rings is 1. The summed E-state index contributed by atoms with van der Waals surface area (Å²) in [6.45, 7) is 4.09. The Bertz CT molecular complexity index is 899. The Hall–Kier alpha value is -2.81. The minimum absolute atomic E-state index is 0.0617. The van der Waals surface area contributed by atoms with Crippen LogP contribution in [0.15, 0.2) is 34.9 Å². The molecule has 0 radical (unpaired) electrons. The highest BCUT2D eigenvalue weighted by Gasteiger charge is 2.52. The number of aromatic nitrogens is 1. The standard InChI is InChI=1S/C21H25N3O3S.CH2O2/c1-14-18(15(2)27-23-14)19(25)24-12-21(13-24,10-16-6-4-3-5-7-16)20(26)22-17-8-9-28-11-17;2-1-3/h3-7,17H,8-13H2,1-2H3,(H,22,26);1H,(H,2,3). The normalized spacial score (nSPS) is 19.0. The molecule has 9 heteroatoms. The maximum Gasteiger partial charge on any atom is 0.290 e. The zero-order valence-corrected chi connectivity index (χ0v) is 18.5. The van der Waals surface area contributed by atoms with E-state index in [0.717, 1.165) is 23.5 Å². The first-order valence-corrected chi connectivity index (χ1v) is 11.3. The Morgan fingerprint density at radius 3 is 2.55 bits per heavy atom. The molecule has 2 saturated heterocycles. The lowest BCUT2D eigenvalue weighted by molar-refractivity contribution is -0.140. The van der Waals surface area contributed by atoms with Crippen LogP contribution >= 0.6 is 11.8 Å². The quantitative estimate of drug-likeness (QED) is 0.679. The van der Waals surface area contributed by atoms with Crippen LogP contribution < -0.4 is 5.32 Å². The number of carbonyl (C=O) groups excluding carboxylic acids is 2. The SMILES string of the molecule is Cc1noc(C)c1C(=O)N1CC(Cc2ccccc2)(C(=O)NC2CCSC2)C1.O=CO. The third-order valence-corrected chi connectivity index (χ3v) is 6.82. The van der Waals surface area contributed by atoms with Crippen molar-refractivity contribution in [3.05, 3.63) is 52.9 Å². The Labute approximate surface area is 185 Å². The maximum absolute atomic E-state index is 13.2. The maximum atomic E-state index is 13.2. The summed E-state index contributed by atoms with van der Waals surface area (Å²) in [6, 6.07) is 10.3. The lowest BCUT2D eigenvalue weighted by atomic mass is 9.73. The predicted octanol–water partition coefficient (Wildman–Crippen LogP) is 2.30. The van der Waals surface area contributed by atoms with E-state index in [1.54, 1.807) is 18.7 Å². The highest BCUT2D eigenvalue weighted by atomic mass is 32.2. The highest BCUT2D eigenvalue weighted by molar-refractivity contribution is 7.99. The van der Waals surface area contributed by atoms with Gasteiger partial charge in [0, 0.05) is 24.9 Å². The smallest absolute Gasteiger partial charge is 0.290 e. The average Bonchev–Trinajstić information content (AvgIpc) is 3.34. The van der Waals surface area contributed by atoms with Crippen LogP contribution in [-0.2, 0) is 16.0 Å². The van der Waals surface area contributed by atoms with E-state index < -0.39 is 5.41 Å². The average molecular weight is 446 g/mol. The lowest BCUT2D eigenvalue weighted by Crippen LogP contribution is -2.66. The largest absolute Gasteiger partial charge is 0.483 e.